The fraction of sp³-hybridized carbons (Fsp3) is 0.500. The highest BCUT2D eigenvalue weighted by molar-refractivity contribution is 6.42. The van der Waals surface area contributed by atoms with Crippen LogP contribution in [0.25, 0.3) is 0 Å². The summed E-state index contributed by atoms with van der Waals surface area (Å²) in [5.74, 6) is 0.618. The number of piperidine rings is 2. The zero-order chi connectivity index (χ0) is 23.2. The van der Waals surface area contributed by atoms with E-state index in [4.69, 9.17) is 32.7 Å². The van der Waals surface area contributed by atoms with E-state index in [1.54, 1.807) is 12.1 Å². The van der Waals surface area contributed by atoms with Gasteiger partial charge in [0.2, 0.25) is 0 Å². The van der Waals surface area contributed by atoms with Gasteiger partial charge in [0.05, 0.1) is 23.7 Å². The molecule has 7 heteroatoms. The van der Waals surface area contributed by atoms with E-state index >= 15 is 0 Å². The first-order chi connectivity index (χ1) is 16.0. The van der Waals surface area contributed by atoms with Crippen LogP contribution in [0.2, 0.25) is 10.0 Å². The molecule has 0 amide bonds. The number of ether oxygens (including phenoxy) is 2. The zero-order valence-corrected chi connectivity index (χ0v) is 20.7. The third-order valence-corrected chi connectivity index (χ3v) is 7.41. The Hall–Kier alpha value is -1.79. The van der Waals surface area contributed by atoms with Crippen molar-refractivity contribution in [2.24, 2.45) is 0 Å². The lowest BCUT2D eigenvalue weighted by Gasteiger charge is -2.35. The standard InChI is InChI=1S/C26H32Cl2N2O3/c1-32-26(31)18-30-13-3-2-4-25(30)20-7-5-19(6-8-20)17-29-14-11-21(12-15-29)33-22-9-10-23(27)24(28)16-22/h5-10,16,21,25H,2-4,11-15,17-18H2,1H3. The first-order valence-electron chi connectivity index (χ1n) is 11.8. The normalized spacial score (nSPS) is 20.5. The highest BCUT2D eigenvalue weighted by Crippen LogP contribution is 2.31. The van der Waals surface area contributed by atoms with Gasteiger partial charge in [0.1, 0.15) is 11.9 Å². The van der Waals surface area contributed by atoms with Crippen molar-refractivity contribution < 1.29 is 14.3 Å². The molecule has 0 radical (unpaired) electrons. The Bertz CT molecular complexity index is 930. The van der Waals surface area contributed by atoms with Gasteiger partial charge in [0.15, 0.2) is 0 Å². The largest absolute Gasteiger partial charge is 0.490 e. The van der Waals surface area contributed by atoms with Crippen molar-refractivity contribution in [2.45, 2.75) is 50.8 Å². The molecule has 2 saturated heterocycles. The third kappa shape index (κ3) is 6.63. The zero-order valence-electron chi connectivity index (χ0n) is 19.1. The molecular weight excluding hydrogens is 459 g/mol. The molecule has 178 valence electrons. The Morgan fingerprint density at radius 3 is 2.42 bits per heavy atom. The number of carbonyl (C=O) groups is 1. The van der Waals surface area contributed by atoms with Gasteiger partial charge in [-0.25, -0.2) is 0 Å². The first-order valence-corrected chi connectivity index (χ1v) is 12.5. The summed E-state index contributed by atoms with van der Waals surface area (Å²) in [7, 11) is 1.46. The van der Waals surface area contributed by atoms with E-state index in [-0.39, 0.29) is 12.1 Å². The Morgan fingerprint density at radius 1 is 0.970 bits per heavy atom. The monoisotopic (exact) mass is 490 g/mol. The van der Waals surface area contributed by atoms with E-state index in [1.807, 2.05) is 6.07 Å². The maximum Gasteiger partial charge on any atom is 0.319 e. The van der Waals surface area contributed by atoms with Crippen LogP contribution in [0.1, 0.15) is 49.3 Å². The maximum absolute atomic E-state index is 11.8. The van der Waals surface area contributed by atoms with E-state index in [0.29, 0.717) is 22.6 Å². The predicted octanol–water partition coefficient (Wildman–Crippen LogP) is 5.74. The number of halogens is 2. The van der Waals surface area contributed by atoms with E-state index in [2.05, 4.69) is 34.1 Å². The van der Waals surface area contributed by atoms with Crippen LogP contribution in [0, 0.1) is 0 Å². The van der Waals surface area contributed by atoms with Gasteiger partial charge >= 0.3 is 5.97 Å². The molecule has 2 aliphatic rings. The van der Waals surface area contributed by atoms with E-state index in [1.165, 1.54) is 24.7 Å². The van der Waals surface area contributed by atoms with E-state index in [0.717, 1.165) is 57.6 Å². The number of hydrogen-bond donors (Lipinski definition) is 0. The van der Waals surface area contributed by atoms with Crippen LogP contribution < -0.4 is 4.74 Å². The molecule has 0 spiro atoms. The molecule has 0 aliphatic carbocycles. The molecule has 0 N–H and O–H groups in total. The summed E-state index contributed by atoms with van der Waals surface area (Å²) < 4.78 is 11.0. The number of esters is 1. The summed E-state index contributed by atoms with van der Waals surface area (Å²) in [6.07, 6.45) is 5.60. The molecule has 0 aromatic heterocycles. The SMILES string of the molecule is COC(=O)CN1CCCCC1c1ccc(CN2CCC(Oc3ccc(Cl)c(Cl)c3)CC2)cc1. The molecule has 1 unspecified atom stereocenters. The van der Waals surface area contributed by atoms with Gasteiger partial charge in [0, 0.05) is 31.7 Å². The quantitative estimate of drug-likeness (QED) is 0.463. The predicted molar refractivity (Wildman–Crippen MR) is 132 cm³/mol. The minimum atomic E-state index is -0.162. The molecule has 0 bridgehead atoms. The first kappa shape index (κ1) is 24.3. The average Bonchev–Trinajstić information content (AvgIpc) is 2.83. The summed E-state index contributed by atoms with van der Waals surface area (Å²) in [6, 6.07) is 14.7. The molecule has 2 fully saturated rings. The molecule has 1 atom stereocenters. The Kier molecular flexibility index (Phi) is 8.53. The van der Waals surface area contributed by atoms with Gasteiger partial charge in [-0.1, -0.05) is 53.9 Å². The van der Waals surface area contributed by atoms with Gasteiger partial charge in [-0.2, -0.15) is 0 Å². The number of benzene rings is 2. The van der Waals surface area contributed by atoms with Crippen LogP contribution in [0.5, 0.6) is 5.75 Å². The summed E-state index contributed by atoms with van der Waals surface area (Å²) in [6.45, 7) is 4.26. The molecule has 2 aromatic carbocycles. The Balaban J connectivity index is 1.28. The smallest absolute Gasteiger partial charge is 0.319 e. The number of methoxy groups -OCH3 is 1. The Labute approximate surface area is 206 Å². The molecule has 2 aliphatic heterocycles. The fourth-order valence-electron chi connectivity index (χ4n) is 4.82. The second kappa shape index (κ2) is 11.6. The van der Waals surface area contributed by atoms with Crippen molar-refractivity contribution in [2.75, 3.05) is 33.3 Å². The minimum Gasteiger partial charge on any atom is -0.490 e. The van der Waals surface area contributed by atoms with Gasteiger partial charge < -0.3 is 9.47 Å². The molecular formula is C26H32Cl2N2O3. The van der Waals surface area contributed by atoms with Crippen LogP contribution in [0.4, 0.5) is 0 Å². The average molecular weight is 491 g/mol. The molecule has 5 nitrogen and oxygen atoms in total. The lowest BCUT2D eigenvalue weighted by Crippen LogP contribution is -2.38. The molecule has 2 heterocycles. The van der Waals surface area contributed by atoms with Crippen molar-refractivity contribution in [3.05, 3.63) is 63.6 Å². The molecule has 33 heavy (non-hydrogen) atoms. The molecule has 2 aromatic rings. The number of nitrogens with zero attached hydrogens (tertiary/aromatic N) is 2. The van der Waals surface area contributed by atoms with E-state index in [9.17, 15) is 4.79 Å². The minimum absolute atomic E-state index is 0.162. The summed E-state index contributed by atoms with van der Waals surface area (Å²) in [5, 5.41) is 1.07. The van der Waals surface area contributed by atoms with Gasteiger partial charge in [-0.3, -0.25) is 14.6 Å². The van der Waals surface area contributed by atoms with E-state index < -0.39 is 0 Å². The number of rotatable bonds is 7. The number of hydrogen-bond acceptors (Lipinski definition) is 5. The van der Waals surface area contributed by atoms with Crippen molar-refractivity contribution in [1.82, 2.24) is 9.80 Å². The fourth-order valence-corrected chi connectivity index (χ4v) is 5.11. The second-order valence-electron chi connectivity index (χ2n) is 8.97. The van der Waals surface area contributed by atoms with Crippen molar-refractivity contribution >= 4 is 29.2 Å². The third-order valence-electron chi connectivity index (χ3n) is 6.67. The highest BCUT2D eigenvalue weighted by atomic mass is 35.5. The van der Waals surface area contributed by atoms with Crippen LogP contribution in [-0.2, 0) is 16.1 Å². The van der Waals surface area contributed by atoms with Crippen LogP contribution >= 0.6 is 23.2 Å². The maximum atomic E-state index is 11.8. The molecule has 0 saturated carbocycles. The Morgan fingerprint density at radius 2 is 1.73 bits per heavy atom. The summed E-state index contributed by atoms with van der Waals surface area (Å²) in [4.78, 5) is 16.5. The second-order valence-corrected chi connectivity index (χ2v) is 9.78. The van der Waals surface area contributed by atoms with Crippen molar-refractivity contribution in [3.63, 3.8) is 0 Å². The van der Waals surface area contributed by atoms with Crippen molar-refractivity contribution in [1.29, 1.82) is 0 Å². The van der Waals surface area contributed by atoms with Crippen LogP contribution in [-0.4, -0.2) is 55.2 Å². The van der Waals surface area contributed by atoms with Gasteiger partial charge in [-0.05, 0) is 55.5 Å². The van der Waals surface area contributed by atoms with Crippen LogP contribution in [0.3, 0.4) is 0 Å². The van der Waals surface area contributed by atoms with Gasteiger partial charge in [0.25, 0.3) is 0 Å². The van der Waals surface area contributed by atoms with Crippen LogP contribution in [0.15, 0.2) is 42.5 Å². The summed E-state index contributed by atoms with van der Waals surface area (Å²) >= 11 is 12.1. The number of carbonyl (C=O) groups excluding carboxylic acids is 1. The lowest BCUT2D eigenvalue weighted by atomic mass is 9.94. The lowest BCUT2D eigenvalue weighted by molar-refractivity contribution is -0.143. The summed E-state index contributed by atoms with van der Waals surface area (Å²) in [5.41, 5.74) is 2.61. The topological polar surface area (TPSA) is 42.0 Å². The van der Waals surface area contributed by atoms with Crippen molar-refractivity contribution in [3.8, 4) is 5.75 Å². The number of likely N-dealkylation sites (tertiary alicyclic amines) is 2. The molecule has 4 rings (SSSR count). The highest BCUT2D eigenvalue weighted by Gasteiger charge is 2.26. The van der Waals surface area contributed by atoms with Gasteiger partial charge in [-0.15, -0.1) is 0 Å².